The Morgan fingerprint density at radius 2 is 1.21 bits per heavy atom. The summed E-state index contributed by atoms with van der Waals surface area (Å²) in [5, 5.41) is 4.59. The molecule has 0 saturated carbocycles. The summed E-state index contributed by atoms with van der Waals surface area (Å²) in [6, 6.07) is 0. The second-order valence-corrected chi connectivity index (χ2v) is 13.9. The molecule has 0 bridgehead atoms. The summed E-state index contributed by atoms with van der Waals surface area (Å²) in [6.45, 7) is 0. The molecule has 2 atom stereocenters. The summed E-state index contributed by atoms with van der Waals surface area (Å²) in [4.78, 5) is 2.90. The third-order valence-electron chi connectivity index (χ3n) is 3.41. The molecule has 0 amide bonds. The monoisotopic (exact) mass is 474 g/mol. The molecule has 24 heavy (non-hydrogen) atoms. The molecule has 0 spiro atoms. The highest BCUT2D eigenvalue weighted by Crippen LogP contribution is 2.43. The lowest BCUT2D eigenvalue weighted by molar-refractivity contribution is 0.882. The van der Waals surface area contributed by atoms with Crippen molar-refractivity contribution in [2.45, 2.75) is 34.8 Å². The highest BCUT2D eigenvalue weighted by atomic mass is 32.2. The lowest BCUT2D eigenvalue weighted by Crippen LogP contribution is -1.96. The number of hydrogen-bond acceptors (Lipinski definition) is 8. The van der Waals surface area contributed by atoms with Gasteiger partial charge in [0.05, 0.1) is 9.16 Å². The summed E-state index contributed by atoms with van der Waals surface area (Å²) in [5.74, 6) is 7.09. The van der Waals surface area contributed by atoms with E-state index in [0.29, 0.717) is 0 Å². The van der Waals surface area contributed by atoms with E-state index in [2.05, 4.69) is 59.6 Å². The number of rotatable bonds is 13. The van der Waals surface area contributed by atoms with Crippen LogP contribution in [0.4, 0.5) is 0 Å². The molecule has 2 aliphatic heterocycles. The molecule has 2 heterocycles. The molecule has 8 heteroatoms. The van der Waals surface area contributed by atoms with Gasteiger partial charge in [-0.1, -0.05) is 0 Å². The van der Waals surface area contributed by atoms with E-state index in [1.54, 1.807) is 0 Å². The zero-order valence-electron chi connectivity index (χ0n) is 13.7. The van der Waals surface area contributed by atoms with E-state index in [4.69, 9.17) is 0 Å². The fraction of sp³-hybridized carbons (Fsp3) is 0.750. The Bertz CT molecular complexity index is 371. The van der Waals surface area contributed by atoms with E-state index < -0.39 is 0 Å². The standard InChI is InChI=1S/C16H26S8/c17-9-13-11-21-15(23-13)3-1-5-19-7-8-20-6-2-4-16-22-12-14(10-18)24-16/h11-12,15-18H,1-10H2. The fourth-order valence-electron chi connectivity index (χ4n) is 2.18. The van der Waals surface area contributed by atoms with Crippen LogP contribution in [0, 0.1) is 0 Å². The van der Waals surface area contributed by atoms with Crippen molar-refractivity contribution in [3.05, 3.63) is 20.6 Å². The van der Waals surface area contributed by atoms with Crippen LogP contribution in [-0.4, -0.2) is 43.7 Å². The number of thioether (sulfide) groups is 6. The van der Waals surface area contributed by atoms with Gasteiger partial charge in [-0.2, -0.15) is 48.8 Å². The van der Waals surface area contributed by atoms with Crippen molar-refractivity contribution in [1.29, 1.82) is 0 Å². The van der Waals surface area contributed by atoms with Gasteiger partial charge in [-0.25, -0.2) is 0 Å². The maximum absolute atomic E-state index is 4.35. The predicted molar refractivity (Wildman–Crippen MR) is 135 cm³/mol. The van der Waals surface area contributed by atoms with Crippen LogP contribution < -0.4 is 0 Å². The average molecular weight is 475 g/mol. The minimum Gasteiger partial charge on any atom is -0.174 e. The summed E-state index contributed by atoms with van der Waals surface area (Å²) < 4.78 is 1.51. The van der Waals surface area contributed by atoms with Gasteiger partial charge in [-0.05, 0) is 48.0 Å². The molecule has 0 aromatic carbocycles. The smallest absolute Gasteiger partial charge is 0.0588 e. The maximum Gasteiger partial charge on any atom is 0.0588 e. The van der Waals surface area contributed by atoms with Crippen molar-refractivity contribution >= 4 is 95.8 Å². The largest absolute Gasteiger partial charge is 0.174 e. The summed E-state index contributed by atoms with van der Waals surface area (Å²) >= 11 is 21.0. The molecule has 0 aromatic heterocycles. The maximum atomic E-state index is 4.35. The molecule has 0 nitrogen and oxygen atoms in total. The van der Waals surface area contributed by atoms with Crippen LogP contribution in [0.1, 0.15) is 25.7 Å². The average Bonchev–Trinajstić information content (AvgIpc) is 3.25. The van der Waals surface area contributed by atoms with Gasteiger partial charge in [-0.15, -0.1) is 47.0 Å². The van der Waals surface area contributed by atoms with Crippen LogP contribution in [0.25, 0.3) is 0 Å². The molecule has 0 radical (unpaired) electrons. The Kier molecular flexibility index (Phi) is 13.4. The number of hydrogen-bond donors (Lipinski definition) is 2. The second-order valence-electron chi connectivity index (χ2n) is 5.36. The summed E-state index contributed by atoms with van der Waals surface area (Å²) in [5.41, 5.74) is 0. The van der Waals surface area contributed by atoms with Crippen molar-refractivity contribution in [3.8, 4) is 0 Å². The summed E-state index contributed by atoms with van der Waals surface area (Å²) in [7, 11) is 0. The second kappa shape index (κ2) is 14.3. The third-order valence-corrected chi connectivity index (χ3v) is 12.5. The molecular formula is C16H26S8. The van der Waals surface area contributed by atoms with Gasteiger partial charge in [0.25, 0.3) is 0 Å². The van der Waals surface area contributed by atoms with E-state index in [9.17, 15) is 0 Å². The molecule has 2 rings (SSSR count). The van der Waals surface area contributed by atoms with Gasteiger partial charge in [-0.3, -0.25) is 0 Å². The first-order chi connectivity index (χ1) is 11.8. The van der Waals surface area contributed by atoms with Crippen LogP contribution in [0.2, 0.25) is 0 Å². The minimum atomic E-state index is 0.756. The Hall–Kier alpha value is 2.28. The molecule has 0 aliphatic carbocycles. The molecule has 0 aromatic rings. The zero-order chi connectivity index (χ0) is 17.0. The van der Waals surface area contributed by atoms with Crippen molar-refractivity contribution in [3.63, 3.8) is 0 Å². The Labute approximate surface area is 184 Å². The molecule has 0 N–H and O–H groups in total. The summed E-state index contributed by atoms with van der Waals surface area (Å²) in [6.07, 6.45) is 5.37. The molecule has 0 saturated heterocycles. The van der Waals surface area contributed by atoms with Crippen LogP contribution >= 0.6 is 95.8 Å². The highest BCUT2D eigenvalue weighted by Gasteiger charge is 2.17. The molecular weight excluding hydrogens is 449 g/mol. The molecule has 138 valence electrons. The molecule has 2 aliphatic rings. The van der Waals surface area contributed by atoms with Gasteiger partial charge >= 0.3 is 0 Å². The van der Waals surface area contributed by atoms with Crippen LogP contribution in [-0.2, 0) is 0 Å². The first kappa shape index (κ1) is 22.6. The fourth-order valence-corrected chi connectivity index (χ4v) is 10.2. The minimum absolute atomic E-state index is 0.756. The highest BCUT2D eigenvalue weighted by molar-refractivity contribution is 8.23. The number of thiol groups is 2. The lowest BCUT2D eigenvalue weighted by Gasteiger charge is -2.09. The van der Waals surface area contributed by atoms with E-state index in [1.807, 2.05) is 47.0 Å². The van der Waals surface area contributed by atoms with E-state index >= 15 is 0 Å². The first-order valence-corrected chi connectivity index (χ1v) is 15.4. The normalized spacial score (nSPS) is 23.6. The van der Waals surface area contributed by atoms with Gasteiger partial charge < -0.3 is 0 Å². The van der Waals surface area contributed by atoms with Crippen LogP contribution in [0.15, 0.2) is 20.6 Å². The zero-order valence-corrected chi connectivity index (χ0v) is 20.4. The SMILES string of the molecule is SCC1=CSC(CCCSCCSCCCC2SC=C(CS)S2)S1. The van der Waals surface area contributed by atoms with Crippen molar-refractivity contribution < 1.29 is 0 Å². The predicted octanol–water partition coefficient (Wildman–Crippen LogP) is 7.17. The molecule has 2 unspecified atom stereocenters. The van der Waals surface area contributed by atoms with Crippen molar-refractivity contribution in [2.24, 2.45) is 0 Å². The molecule has 0 fully saturated rings. The van der Waals surface area contributed by atoms with E-state index in [-0.39, 0.29) is 0 Å². The van der Waals surface area contributed by atoms with Gasteiger partial charge in [0.2, 0.25) is 0 Å². The third kappa shape index (κ3) is 9.47. The Morgan fingerprint density at radius 1 is 0.750 bits per heavy atom. The Balaban J connectivity index is 1.30. The quantitative estimate of drug-likeness (QED) is 0.213. The van der Waals surface area contributed by atoms with Crippen molar-refractivity contribution in [1.82, 2.24) is 0 Å². The van der Waals surface area contributed by atoms with Crippen LogP contribution in [0.5, 0.6) is 0 Å². The van der Waals surface area contributed by atoms with Crippen molar-refractivity contribution in [2.75, 3.05) is 34.5 Å². The first-order valence-electron chi connectivity index (χ1n) is 8.21. The Morgan fingerprint density at radius 3 is 1.58 bits per heavy atom. The van der Waals surface area contributed by atoms with Gasteiger partial charge in [0.1, 0.15) is 0 Å². The van der Waals surface area contributed by atoms with E-state index in [0.717, 1.165) is 20.7 Å². The van der Waals surface area contributed by atoms with Crippen LogP contribution in [0.3, 0.4) is 0 Å². The van der Waals surface area contributed by atoms with E-state index in [1.165, 1.54) is 58.5 Å². The topological polar surface area (TPSA) is 0 Å². The van der Waals surface area contributed by atoms with Gasteiger partial charge in [0, 0.05) is 32.8 Å². The van der Waals surface area contributed by atoms with Gasteiger partial charge in [0.15, 0.2) is 0 Å². The lowest BCUT2D eigenvalue weighted by atomic mass is 10.4.